The van der Waals surface area contributed by atoms with Crippen LogP contribution >= 0.6 is 11.3 Å². The molecule has 1 aliphatic rings. The number of nitrogens with one attached hydrogen (secondary N) is 1. The van der Waals surface area contributed by atoms with E-state index < -0.39 is 0 Å². The van der Waals surface area contributed by atoms with Gasteiger partial charge in [-0.25, -0.2) is 0 Å². The molecule has 154 valence electrons. The van der Waals surface area contributed by atoms with Crippen LogP contribution in [0.5, 0.6) is 0 Å². The van der Waals surface area contributed by atoms with Gasteiger partial charge in [0.1, 0.15) is 0 Å². The van der Waals surface area contributed by atoms with Gasteiger partial charge in [-0.3, -0.25) is 14.6 Å². The zero-order chi connectivity index (χ0) is 20.9. The molecule has 1 aromatic carbocycles. The third kappa shape index (κ3) is 4.60. The second-order valence-corrected chi connectivity index (χ2v) is 8.58. The minimum atomic E-state index is -0.111. The lowest BCUT2D eigenvalue weighted by Gasteiger charge is -2.36. The number of carbonyl (C=O) groups excluding carboxylic acids is 2. The molecule has 6 heteroatoms. The van der Waals surface area contributed by atoms with E-state index in [1.165, 1.54) is 16.0 Å². The van der Waals surface area contributed by atoms with Crippen molar-refractivity contribution < 1.29 is 9.59 Å². The van der Waals surface area contributed by atoms with E-state index in [-0.39, 0.29) is 30.7 Å². The average Bonchev–Trinajstić information content (AvgIpc) is 3.25. The number of hydrogen-bond donors (Lipinski definition) is 1. The summed E-state index contributed by atoms with van der Waals surface area (Å²) in [6.45, 7) is 3.20. The molecule has 4 rings (SSSR count). The molecule has 30 heavy (non-hydrogen) atoms. The van der Waals surface area contributed by atoms with Crippen molar-refractivity contribution in [2.75, 3.05) is 6.54 Å². The molecule has 2 amide bonds. The first-order chi connectivity index (χ1) is 14.6. The molecule has 3 aromatic rings. The predicted molar refractivity (Wildman–Crippen MR) is 118 cm³/mol. The predicted octanol–water partition coefficient (Wildman–Crippen LogP) is 4.02. The van der Waals surface area contributed by atoms with Crippen LogP contribution in [0.2, 0.25) is 0 Å². The Hall–Kier alpha value is -2.99. The van der Waals surface area contributed by atoms with E-state index in [1.54, 1.807) is 23.7 Å². The maximum absolute atomic E-state index is 13.1. The smallest absolute Gasteiger partial charge is 0.223 e. The first kappa shape index (κ1) is 20.3. The standard InChI is InChI=1S/C24H25N3O2S/c1-17-2-4-19(5-3-17)24-20-11-15-30-21(20)10-14-27(24)23(29)7-6-22(28)26-16-18-8-12-25-13-9-18/h2-5,8-9,11-13,15,24H,6-7,10,14,16H2,1H3,(H,26,28). The number of hydrogen-bond acceptors (Lipinski definition) is 4. The van der Waals surface area contributed by atoms with Gasteiger partial charge >= 0.3 is 0 Å². The van der Waals surface area contributed by atoms with Crippen LogP contribution in [0.4, 0.5) is 0 Å². The van der Waals surface area contributed by atoms with Gasteiger partial charge in [-0.15, -0.1) is 11.3 Å². The summed E-state index contributed by atoms with van der Waals surface area (Å²) in [5.74, 6) is -0.0863. The number of fused-ring (bicyclic) bond motifs is 1. The maximum atomic E-state index is 13.1. The molecule has 1 N–H and O–H groups in total. The van der Waals surface area contributed by atoms with Crippen LogP contribution in [-0.2, 0) is 22.6 Å². The SMILES string of the molecule is Cc1ccc(C2c3ccsc3CCN2C(=O)CCC(=O)NCc2ccncc2)cc1. The number of aromatic nitrogens is 1. The van der Waals surface area contributed by atoms with Crippen molar-refractivity contribution in [2.45, 2.75) is 38.8 Å². The van der Waals surface area contributed by atoms with Gasteiger partial charge in [-0.1, -0.05) is 29.8 Å². The van der Waals surface area contributed by atoms with Gasteiger partial charge in [0, 0.05) is 43.2 Å². The van der Waals surface area contributed by atoms with Gasteiger partial charge in [0.15, 0.2) is 0 Å². The number of carbonyl (C=O) groups is 2. The molecule has 0 saturated heterocycles. The van der Waals surface area contributed by atoms with E-state index >= 15 is 0 Å². The zero-order valence-corrected chi connectivity index (χ0v) is 17.8. The summed E-state index contributed by atoms with van der Waals surface area (Å²) >= 11 is 1.76. The second-order valence-electron chi connectivity index (χ2n) is 7.58. The molecule has 0 spiro atoms. The number of rotatable bonds is 6. The Kier molecular flexibility index (Phi) is 6.23. The average molecular weight is 420 g/mol. The van der Waals surface area contributed by atoms with Crippen LogP contribution in [0, 0.1) is 6.92 Å². The van der Waals surface area contributed by atoms with Gasteiger partial charge in [-0.2, -0.15) is 0 Å². The van der Waals surface area contributed by atoms with Crippen LogP contribution < -0.4 is 5.32 Å². The molecule has 0 fully saturated rings. The molecule has 1 atom stereocenters. The number of nitrogens with zero attached hydrogens (tertiary/aromatic N) is 2. The number of thiophene rings is 1. The highest BCUT2D eigenvalue weighted by molar-refractivity contribution is 7.10. The lowest BCUT2D eigenvalue weighted by Crippen LogP contribution is -2.40. The normalized spacial score (nSPS) is 15.5. The fourth-order valence-corrected chi connectivity index (χ4v) is 4.75. The summed E-state index contributed by atoms with van der Waals surface area (Å²) in [7, 11) is 0. The monoisotopic (exact) mass is 419 g/mol. The fourth-order valence-electron chi connectivity index (χ4n) is 3.85. The number of aryl methyl sites for hydroxylation is 1. The lowest BCUT2D eigenvalue weighted by molar-refractivity contribution is -0.135. The third-order valence-corrected chi connectivity index (χ3v) is 6.48. The van der Waals surface area contributed by atoms with E-state index in [0.29, 0.717) is 13.1 Å². The number of benzene rings is 1. The van der Waals surface area contributed by atoms with Crippen molar-refractivity contribution in [3.05, 3.63) is 87.4 Å². The quantitative estimate of drug-likeness (QED) is 0.656. The molecular weight excluding hydrogens is 394 g/mol. The molecule has 2 aromatic heterocycles. The Balaban J connectivity index is 1.42. The van der Waals surface area contributed by atoms with Crippen LogP contribution in [0.25, 0.3) is 0 Å². The molecule has 0 bridgehead atoms. The summed E-state index contributed by atoms with van der Waals surface area (Å²) < 4.78 is 0. The first-order valence-corrected chi connectivity index (χ1v) is 11.1. The Morgan fingerprint density at radius 2 is 1.87 bits per heavy atom. The molecule has 0 radical (unpaired) electrons. The van der Waals surface area contributed by atoms with Crippen LogP contribution in [-0.4, -0.2) is 28.2 Å². The summed E-state index contributed by atoms with van der Waals surface area (Å²) in [5, 5.41) is 4.99. The third-order valence-electron chi connectivity index (χ3n) is 5.48. The molecule has 3 heterocycles. The summed E-state index contributed by atoms with van der Waals surface area (Å²) in [6, 6.07) is 14.2. The second kappa shape index (κ2) is 9.22. The fraction of sp³-hybridized carbons (Fsp3) is 0.292. The molecule has 0 aliphatic carbocycles. The minimum absolute atomic E-state index is 0.0245. The topological polar surface area (TPSA) is 62.3 Å². The van der Waals surface area contributed by atoms with Crippen molar-refractivity contribution in [1.29, 1.82) is 0 Å². The molecule has 1 aliphatic heterocycles. The van der Waals surface area contributed by atoms with Crippen molar-refractivity contribution in [3.8, 4) is 0 Å². The summed E-state index contributed by atoms with van der Waals surface area (Å²) in [4.78, 5) is 32.6. The van der Waals surface area contributed by atoms with Crippen molar-refractivity contribution in [3.63, 3.8) is 0 Å². The summed E-state index contributed by atoms with van der Waals surface area (Å²) in [6.07, 6.45) is 4.67. The first-order valence-electron chi connectivity index (χ1n) is 10.2. The van der Waals surface area contributed by atoms with Crippen LogP contribution in [0.1, 0.15) is 46.0 Å². The van der Waals surface area contributed by atoms with Gasteiger partial charge in [0.2, 0.25) is 11.8 Å². The maximum Gasteiger partial charge on any atom is 0.223 e. The van der Waals surface area contributed by atoms with E-state index in [0.717, 1.165) is 17.5 Å². The molecule has 0 saturated carbocycles. The molecule has 1 unspecified atom stereocenters. The highest BCUT2D eigenvalue weighted by atomic mass is 32.1. The Bertz CT molecular complexity index is 1010. The van der Waals surface area contributed by atoms with Crippen LogP contribution in [0.15, 0.2) is 60.2 Å². The highest BCUT2D eigenvalue weighted by Gasteiger charge is 2.32. The van der Waals surface area contributed by atoms with Gasteiger partial charge in [0.05, 0.1) is 6.04 Å². The summed E-state index contributed by atoms with van der Waals surface area (Å²) in [5.41, 5.74) is 4.52. The Morgan fingerprint density at radius 3 is 2.63 bits per heavy atom. The molecular formula is C24H25N3O2S. The van der Waals surface area contributed by atoms with Gasteiger partial charge < -0.3 is 10.2 Å². The van der Waals surface area contributed by atoms with Crippen molar-refractivity contribution in [2.24, 2.45) is 0 Å². The minimum Gasteiger partial charge on any atom is -0.352 e. The number of pyridine rings is 1. The Labute approximate surface area is 180 Å². The van der Waals surface area contributed by atoms with E-state index in [9.17, 15) is 9.59 Å². The Morgan fingerprint density at radius 1 is 1.10 bits per heavy atom. The molecule has 5 nitrogen and oxygen atoms in total. The zero-order valence-electron chi connectivity index (χ0n) is 17.0. The van der Waals surface area contributed by atoms with E-state index in [4.69, 9.17) is 0 Å². The van der Waals surface area contributed by atoms with Gasteiger partial charge in [-0.05, 0) is 53.6 Å². The van der Waals surface area contributed by atoms with Crippen LogP contribution in [0.3, 0.4) is 0 Å². The largest absolute Gasteiger partial charge is 0.352 e. The van der Waals surface area contributed by atoms with Gasteiger partial charge in [0.25, 0.3) is 0 Å². The lowest BCUT2D eigenvalue weighted by atomic mass is 9.92. The van der Waals surface area contributed by atoms with Crippen molar-refractivity contribution >= 4 is 23.2 Å². The highest BCUT2D eigenvalue weighted by Crippen LogP contribution is 2.38. The van der Waals surface area contributed by atoms with E-state index in [2.05, 4.69) is 52.9 Å². The van der Waals surface area contributed by atoms with Crippen molar-refractivity contribution in [1.82, 2.24) is 15.2 Å². The number of amides is 2. The van der Waals surface area contributed by atoms with E-state index in [1.807, 2.05) is 17.0 Å².